The van der Waals surface area contributed by atoms with Crippen molar-refractivity contribution in [2.75, 3.05) is 12.4 Å². The number of rotatable bonds is 4. The summed E-state index contributed by atoms with van der Waals surface area (Å²) in [4.78, 5) is 10.9. The summed E-state index contributed by atoms with van der Waals surface area (Å²) in [6.07, 6.45) is -1.45. The zero-order chi connectivity index (χ0) is 11.4. The number of hydrogen-bond acceptors (Lipinski definition) is 5. The van der Waals surface area contributed by atoms with Crippen LogP contribution in [0.25, 0.3) is 0 Å². The molecule has 0 aromatic carbocycles. The van der Waals surface area contributed by atoms with E-state index in [1.54, 1.807) is 0 Å². The van der Waals surface area contributed by atoms with Crippen LogP contribution in [0.3, 0.4) is 0 Å². The van der Waals surface area contributed by atoms with Gasteiger partial charge in [0.15, 0.2) is 0 Å². The van der Waals surface area contributed by atoms with Gasteiger partial charge in [0.25, 0.3) is 0 Å². The number of nitrogens with one attached hydrogen (secondary N) is 1. The van der Waals surface area contributed by atoms with Crippen LogP contribution >= 0.6 is 11.8 Å². The van der Waals surface area contributed by atoms with Crippen molar-refractivity contribution in [3.63, 3.8) is 0 Å². The zero-order valence-electron chi connectivity index (χ0n) is 8.84. The summed E-state index contributed by atoms with van der Waals surface area (Å²) in [5.74, 6) is 0.619. The number of hydrogen-bond donors (Lipinski definition) is 3. The Bertz CT molecular complexity index is 226. The molecule has 88 valence electrons. The fourth-order valence-electron chi connectivity index (χ4n) is 1.58. The molecular weight excluding hydrogens is 218 g/mol. The lowest BCUT2D eigenvalue weighted by Gasteiger charge is -2.19. The molecule has 1 rings (SSSR count). The highest BCUT2D eigenvalue weighted by atomic mass is 32.2. The minimum atomic E-state index is -0.844. The monoisotopic (exact) mass is 235 g/mol. The topological polar surface area (TPSA) is 78.8 Å². The van der Waals surface area contributed by atoms with Crippen molar-refractivity contribution in [2.24, 2.45) is 0 Å². The van der Waals surface area contributed by atoms with Gasteiger partial charge in [-0.05, 0) is 5.75 Å². The molecule has 6 heteroatoms. The molecule has 4 atom stereocenters. The van der Waals surface area contributed by atoms with E-state index in [-0.39, 0.29) is 18.0 Å². The average molecular weight is 235 g/mol. The first-order valence-electron chi connectivity index (χ1n) is 4.93. The van der Waals surface area contributed by atoms with Gasteiger partial charge in [0.2, 0.25) is 5.91 Å². The number of carbonyl (C=O) groups excluding carboxylic acids is 1. The lowest BCUT2D eigenvalue weighted by Crippen LogP contribution is -2.46. The molecular formula is C9H17NO4S. The summed E-state index contributed by atoms with van der Waals surface area (Å²) >= 11 is 1.50. The molecule has 0 spiro atoms. The quantitative estimate of drug-likeness (QED) is 0.602. The second-order valence-corrected chi connectivity index (χ2v) is 4.77. The third-order valence-electron chi connectivity index (χ3n) is 2.23. The van der Waals surface area contributed by atoms with E-state index in [2.05, 4.69) is 5.32 Å². The predicted octanol–water partition coefficient (Wildman–Crippen LogP) is -0.678. The molecule has 4 unspecified atom stereocenters. The summed E-state index contributed by atoms with van der Waals surface area (Å²) in [6, 6.07) is -0.440. The van der Waals surface area contributed by atoms with E-state index in [1.807, 2.05) is 6.92 Å². The van der Waals surface area contributed by atoms with Crippen LogP contribution in [0.4, 0.5) is 0 Å². The van der Waals surface area contributed by atoms with Gasteiger partial charge in [-0.1, -0.05) is 6.92 Å². The summed E-state index contributed by atoms with van der Waals surface area (Å²) in [5, 5.41) is 21.4. The molecule has 0 bridgehead atoms. The van der Waals surface area contributed by atoms with E-state index in [4.69, 9.17) is 9.84 Å². The highest BCUT2D eigenvalue weighted by Gasteiger charge is 2.43. The van der Waals surface area contributed by atoms with E-state index >= 15 is 0 Å². The number of amides is 1. The molecule has 0 aromatic rings. The highest BCUT2D eigenvalue weighted by molar-refractivity contribution is 7.99. The maximum absolute atomic E-state index is 10.9. The van der Waals surface area contributed by atoms with Gasteiger partial charge in [0.05, 0.1) is 12.6 Å². The van der Waals surface area contributed by atoms with Crippen molar-refractivity contribution in [2.45, 2.75) is 37.5 Å². The van der Waals surface area contributed by atoms with E-state index in [9.17, 15) is 9.90 Å². The SMILES string of the molecule is CCSC1OC(CO)C(O)C1NC(C)=O. The van der Waals surface area contributed by atoms with Crippen molar-refractivity contribution in [1.29, 1.82) is 0 Å². The lowest BCUT2D eigenvalue weighted by molar-refractivity contribution is -0.120. The van der Waals surface area contributed by atoms with E-state index in [0.717, 1.165) is 5.75 Å². The minimum Gasteiger partial charge on any atom is -0.394 e. The maximum atomic E-state index is 10.9. The molecule has 1 aliphatic rings. The van der Waals surface area contributed by atoms with Gasteiger partial charge in [-0.2, -0.15) is 0 Å². The van der Waals surface area contributed by atoms with Gasteiger partial charge in [-0.15, -0.1) is 11.8 Å². The summed E-state index contributed by atoms with van der Waals surface area (Å²) in [7, 11) is 0. The Morgan fingerprint density at radius 3 is 2.73 bits per heavy atom. The average Bonchev–Trinajstić information content (AvgIpc) is 2.46. The minimum absolute atomic E-state index is 0.206. The summed E-state index contributed by atoms with van der Waals surface area (Å²) in [5.41, 5.74) is -0.286. The Morgan fingerprint density at radius 1 is 1.60 bits per heavy atom. The van der Waals surface area contributed by atoms with Gasteiger partial charge < -0.3 is 20.3 Å². The van der Waals surface area contributed by atoms with Gasteiger partial charge in [-0.3, -0.25) is 4.79 Å². The van der Waals surface area contributed by atoms with Crippen molar-refractivity contribution < 1.29 is 19.7 Å². The molecule has 3 N–H and O–H groups in total. The molecule has 1 saturated heterocycles. The van der Waals surface area contributed by atoms with Crippen LogP contribution in [0.1, 0.15) is 13.8 Å². The fourth-order valence-corrected chi connectivity index (χ4v) is 2.56. The molecule has 0 saturated carbocycles. The second-order valence-electron chi connectivity index (χ2n) is 3.40. The normalized spacial score (nSPS) is 35.5. The third-order valence-corrected chi connectivity index (χ3v) is 3.30. The molecule has 0 radical (unpaired) electrons. The van der Waals surface area contributed by atoms with Crippen LogP contribution in [-0.4, -0.2) is 52.2 Å². The van der Waals surface area contributed by atoms with Crippen LogP contribution < -0.4 is 5.32 Å². The van der Waals surface area contributed by atoms with Gasteiger partial charge in [0.1, 0.15) is 17.6 Å². The van der Waals surface area contributed by atoms with Crippen molar-refractivity contribution in [1.82, 2.24) is 5.32 Å². The van der Waals surface area contributed by atoms with Crippen LogP contribution in [0.2, 0.25) is 0 Å². The highest BCUT2D eigenvalue weighted by Crippen LogP contribution is 2.29. The Labute approximate surface area is 93.2 Å². The van der Waals surface area contributed by atoms with Gasteiger partial charge >= 0.3 is 0 Å². The Morgan fingerprint density at radius 2 is 2.27 bits per heavy atom. The first-order chi connectivity index (χ1) is 7.10. The van der Waals surface area contributed by atoms with Crippen LogP contribution in [0.5, 0.6) is 0 Å². The molecule has 1 amide bonds. The molecule has 1 fully saturated rings. The number of carbonyl (C=O) groups is 1. The van der Waals surface area contributed by atoms with Crippen LogP contribution in [0, 0.1) is 0 Å². The Balaban J connectivity index is 2.64. The van der Waals surface area contributed by atoms with Crippen molar-refractivity contribution >= 4 is 17.7 Å². The molecule has 5 nitrogen and oxygen atoms in total. The number of aliphatic hydroxyl groups excluding tert-OH is 2. The number of thioether (sulfide) groups is 1. The third kappa shape index (κ3) is 3.07. The molecule has 0 aliphatic carbocycles. The van der Waals surface area contributed by atoms with Gasteiger partial charge in [-0.25, -0.2) is 0 Å². The summed E-state index contributed by atoms with van der Waals surface area (Å²) in [6.45, 7) is 3.13. The molecule has 1 heterocycles. The lowest BCUT2D eigenvalue weighted by atomic mass is 10.1. The first-order valence-corrected chi connectivity index (χ1v) is 5.98. The van der Waals surface area contributed by atoms with Crippen molar-refractivity contribution in [3.05, 3.63) is 0 Å². The number of aliphatic hydroxyl groups is 2. The fraction of sp³-hybridized carbons (Fsp3) is 0.889. The van der Waals surface area contributed by atoms with Gasteiger partial charge in [0, 0.05) is 6.92 Å². The van der Waals surface area contributed by atoms with E-state index in [0.29, 0.717) is 0 Å². The summed E-state index contributed by atoms with van der Waals surface area (Å²) < 4.78 is 5.42. The van der Waals surface area contributed by atoms with Crippen LogP contribution in [-0.2, 0) is 9.53 Å². The second kappa shape index (κ2) is 5.69. The first kappa shape index (κ1) is 12.8. The Hall–Kier alpha value is -0.300. The molecule has 1 aliphatic heterocycles. The largest absolute Gasteiger partial charge is 0.394 e. The smallest absolute Gasteiger partial charge is 0.217 e. The van der Waals surface area contributed by atoms with Crippen molar-refractivity contribution in [3.8, 4) is 0 Å². The molecule has 15 heavy (non-hydrogen) atoms. The standard InChI is InChI=1S/C9H17NO4S/c1-3-15-9-7(10-5(2)12)8(13)6(4-11)14-9/h6-9,11,13H,3-4H2,1-2H3,(H,10,12). The molecule has 0 aromatic heterocycles. The number of ether oxygens (including phenoxy) is 1. The Kier molecular flexibility index (Phi) is 4.85. The van der Waals surface area contributed by atoms with Crippen LogP contribution in [0.15, 0.2) is 0 Å². The zero-order valence-corrected chi connectivity index (χ0v) is 9.66. The maximum Gasteiger partial charge on any atom is 0.217 e. The van der Waals surface area contributed by atoms with E-state index < -0.39 is 18.2 Å². The predicted molar refractivity (Wildman–Crippen MR) is 57.5 cm³/mol. The van der Waals surface area contributed by atoms with E-state index in [1.165, 1.54) is 18.7 Å².